The van der Waals surface area contributed by atoms with Gasteiger partial charge in [-0.15, -0.1) is 0 Å². The van der Waals surface area contributed by atoms with E-state index in [9.17, 15) is 0 Å². The number of unbranched alkanes of at least 4 members (excludes halogenated alkanes) is 2. The summed E-state index contributed by atoms with van der Waals surface area (Å²) in [6, 6.07) is 0.613. The van der Waals surface area contributed by atoms with Crippen LogP contribution in [0.25, 0.3) is 0 Å². The molecule has 2 N–H and O–H groups in total. The first kappa shape index (κ1) is 16.9. The summed E-state index contributed by atoms with van der Waals surface area (Å²) in [6.45, 7) is 10.3. The van der Waals surface area contributed by atoms with Crippen LogP contribution in [0.1, 0.15) is 32.6 Å². The van der Waals surface area contributed by atoms with Crippen LogP contribution >= 0.6 is 0 Å². The van der Waals surface area contributed by atoms with E-state index in [1.165, 1.54) is 58.4 Å². The number of likely N-dealkylation sites (N-methyl/N-ethyl adjacent to an activating group) is 1. The molecular weight excluding hydrogens is 236 g/mol. The summed E-state index contributed by atoms with van der Waals surface area (Å²) in [4.78, 5) is 7.46. The zero-order valence-corrected chi connectivity index (χ0v) is 13.3. The molecule has 0 aromatic rings. The molecule has 1 atom stereocenters. The molecule has 1 rings (SSSR count). The Bertz CT molecular complexity index is 212. The van der Waals surface area contributed by atoms with Gasteiger partial charge < -0.3 is 10.6 Å². The van der Waals surface area contributed by atoms with Crippen LogP contribution in [0.3, 0.4) is 0 Å². The van der Waals surface area contributed by atoms with Crippen molar-refractivity contribution in [2.24, 2.45) is 5.73 Å². The Hall–Kier alpha value is -0.160. The second kappa shape index (κ2) is 9.70. The average molecular weight is 270 g/mol. The van der Waals surface area contributed by atoms with Crippen molar-refractivity contribution in [3.8, 4) is 0 Å². The molecule has 4 nitrogen and oxygen atoms in total. The third-order valence-corrected chi connectivity index (χ3v) is 4.20. The van der Waals surface area contributed by atoms with Crippen LogP contribution in [0, 0.1) is 0 Å². The standard InChI is InChI=1S/C15H34N4/c1-4-5-6-7-15(14-16)19-12-10-18(11-13-19)9-8-17(2)3/h15H,4-14,16H2,1-3H3. The number of piperazine rings is 1. The average Bonchev–Trinajstić information content (AvgIpc) is 2.42. The molecule has 1 fully saturated rings. The van der Waals surface area contributed by atoms with Gasteiger partial charge in [0.15, 0.2) is 0 Å². The highest BCUT2D eigenvalue weighted by Crippen LogP contribution is 2.12. The molecule has 0 saturated carbocycles. The molecule has 0 amide bonds. The number of hydrogen-bond donors (Lipinski definition) is 1. The molecule has 0 radical (unpaired) electrons. The quantitative estimate of drug-likeness (QED) is 0.636. The molecule has 0 spiro atoms. The van der Waals surface area contributed by atoms with E-state index in [1.54, 1.807) is 0 Å². The van der Waals surface area contributed by atoms with Gasteiger partial charge in [0.1, 0.15) is 0 Å². The van der Waals surface area contributed by atoms with Crippen LogP contribution in [0.4, 0.5) is 0 Å². The fraction of sp³-hybridized carbons (Fsp3) is 1.00. The van der Waals surface area contributed by atoms with E-state index < -0.39 is 0 Å². The minimum Gasteiger partial charge on any atom is -0.329 e. The van der Waals surface area contributed by atoms with E-state index in [0.717, 1.165) is 13.1 Å². The largest absolute Gasteiger partial charge is 0.329 e. The minimum atomic E-state index is 0.613. The maximum Gasteiger partial charge on any atom is 0.0219 e. The number of nitrogens with two attached hydrogens (primary N) is 1. The van der Waals surface area contributed by atoms with Crippen molar-refractivity contribution in [2.45, 2.75) is 38.6 Å². The number of hydrogen-bond acceptors (Lipinski definition) is 4. The number of nitrogens with zero attached hydrogens (tertiary/aromatic N) is 3. The summed E-state index contributed by atoms with van der Waals surface area (Å²) >= 11 is 0. The zero-order valence-electron chi connectivity index (χ0n) is 13.3. The van der Waals surface area contributed by atoms with Crippen molar-refractivity contribution in [1.82, 2.24) is 14.7 Å². The van der Waals surface area contributed by atoms with E-state index in [-0.39, 0.29) is 0 Å². The first-order valence-electron chi connectivity index (χ1n) is 7.98. The van der Waals surface area contributed by atoms with Crippen molar-refractivity contribution in [3.05, 3.63) is 0 Å². The van der Waals surface area contributed by atoms with E-state index in [4.69, 9.17) is 5.73 Å². The molecule has 1 unspecified atom stereocenters. The smallest absolute Gasteiger partial charge is 0.0219 e. The van der Waals surface area contributed by atoms with Gasteiger partial charge in [-0.05, 0) is 20.5 Å². The van der Waals surface area contributed by atoms with E-state index in [1.807, 2.05) is 0 Å². The normalized spacial score (nSPS) is 20.1. The van der Waals surface area contributed by atoms with E-state index in [2.05, 4.69) is 35.7 Å². The third-order valence-electron chi connectivity index (χ3n) is 4.20. The summed E-state index contributed by atoms with van der Waals surface area (Å²) in [5, 5.41) is 0. The first-order valence-corrected chi connectivity index (χ1v) is 7.98. The Morgan fingerprint density at radius 2 is 1.79 bits per heavy atom. The lowest BCUT2D eigenvalue weighted by Gasteiger charge is -2.39. The fourth-order valence-corrected chi connectivity index (χ4v) is 2.77. The monoisotopic (exact) mass is 270 g/mol. The van der Waals surface area contributed by atoms with Crippen molar-refractivity contribution < 1.29 is 0 Å². The predicted molar refractivity (Wildman–Crippen MR) is 83.6 cm³/mol. The Balaban J connectivity index is 2.22. The fourth-order valence-electron chi connectivity index (χ4n) is 2.77. The van der Waals surface area contributed by atoms with Crippen LogP contribution in [0.5, 0.6) is 0 Å². The summed E-state index contributed by atoms with van der Waals surface area (Å²) in [7, 11) is 4.29. The number of rotatable bonds is 9. The topological polar surface area (TPSA) is 35.7 Å². The van der Waals surface area contributed by atoms with Crippen molar-refractivity contribution in [2.75, 3.05) is 59.9 Å². The van der Waals surface area contributed by atoms with Gasteiger partial charge in [-0.25, -0.2) is 0 Å². The maximum atomic E-state index is 5.96. The maximum absolute atomic E-state index is 5.96. The minimum absolute atomic E-state index is 0.613. The molecule has 0 aliphatic carbocycles. The molecule has 1 aliphatic heterocycles. The lowest BCUT2D eigenvalue weighted by Crippen LogP contribution is -2.53. The van der Waals surface area contributed by atoms with E-state index in [0.29, 0.717) is 6.04 Å². The zero-order chi connectivity index (χ0) is 14.1. The Kier molecular flexibility index (Phi) is 8.62. The van der Waals surface area contributed by atoms with Crippen molar-refractivity contribution >= 4 is 0 Å². The summed E-state index contributed by atoms with van der Waals surface area (Å²) in [5.41, 5.74) is 5.96. The summed E-state index contributed by atoms with van der Waals surface area (Å²) in [6.07, 6.45) is 5.26. The molecule has 1 saturated heterocycles. The summed E-state index contributed by atoms with van der Waals surface area (Å²) < 4.78 is 0. The SMILES string of the molecule is CCCCCC(CN)N1CCN(CCN(C)C)CC1. The molecule has 1 aliphatic rings. The first-order chi connectivity index (χ1) is 9.17. The van der Waals surface area contributed by atoms with Gasteiger partial charge in [0.25, 0.3) is 0 Å². The van der Waals surface area contributed by atoms with Gasteiger partial charge >= 0.3 is 0 Å². The van der Waals surface area contributed by atoms with Crippen LogP contribution in [-0.2, 0) is 0 Å². The van der Waals surface area contributed by atoms with Gasteiger partial charge in [0.05, 0.1) is 0 Å². The Morgan fingerprint density at radius 1 is 1.11 bits per heavy atom. The summed E-state index contributed by atoms with van der Waals surface area (Å²) in [5.74, 6) is 0. The van der Waals surface area contributed by atoms with Crippen LogP contribution in [0.2, 0.25) is 0 Å². The third kappa shape index (κ3) is 6.70. The molecule has 114 valence electrons. The van der Waals surface area contributed by atoms with Gasteiger partial charge in [-0.2, -0.15) is 0 Å². The Morgan fingerprint density at radius 3 is 2.32 bits per heavy atom. The Labute approximate surface area is 119 Å². The molecule has 0 bridgehead atoms. The highest BCUT2D eigenvalue weighted by molar-refractivity contribution is 4.79. The molecular formula is C15H34N4. The van der Waals surface area contributed by atoms with Gasteiger partial charge in [0, 0.05) is 51.9 Å². The second-order valence-corrected chi connectivity index (χ2v) is 6.07. The highest BCUT2D eigenvalue weighted by Gasteiger charge is 2.22. The van der Waals surface area contributed by atoms with Crippen molar-refractivity contribution in [3.63, 3.8) is 0 Å². The van der Waals surface area contributed by atoms with E-state index >= 15 is 0 Å². The molecule has 1 heterocycles. The molecule has 19 heavy (non-hydrogen) atoms. The molecule has 0 aromatic carbocycles. The van der Waals surface area contributed by atoms with Crippen LogP contribution in [0.15, 0.2) is 0 Å². The van der Waals surface area contributed by atoms with Crippen LogP contribution < -0.4 is 5.73 Å². The lowest BCUT2D eigenvalue weighted by molar-refractivity contribution is 0.0897. The molecule has 4 heteroatoms. The van der Waals surface area contributed by atoms with Gasteiger partial charge in [-0.3, -0.25) is 9.80 Å². The van der Waals surface area contributed by atoms with Gasteiger partial charge in [-0.1, -0.05) is 26.2 Å². The van der Waals surface area contributed by atoms with Gasteiger partial charge in [0.2, 0.25) is 0 Å². The predicted octanol–water partition coefficient (Wildman–Crippen LogP) is 1.07. The molecule has 0 aromatic heterocycles. The second-order valence-electron chi connectivity index (χ2n) is 6.07. The highest BCUT2D eigenvalue weighted by atomic mass is 15.3. The van der Waals surface area contributed by atoms with Crippen LogP contribution in [-0.4, -0.2) is 80.7 Å². The lowest BCUT2D eigenvalue weighted by atomic mass is 10.1. The van der Waals surface area contributed by atoms with Crippen molar-refractivity contribution in [1.29, 1.82) is 0 Å².